The SMILES string of the molecule is COc1ccc(-c2nnc(SCC(=O)Nc3cccc(C)c3C)nc2-c2ccc(OC)cc2)cc1. The zero-order chi connectivity index (χ0) is 24.8. The Balaban J connectivity index is 1.59. The highest BCUT2D eigenvalue weighted by atomic mass is 32.2. The molecule has 0 saturated carbocycles. The van der Waals surface area contributed by atoms with Crippen LogP contribution in [-0.2, 0) is 4.79 Å². The van der Waals surface area contributed by atoms with Crippen LogP contribution in [0.1, 0.15) is 11.1 Å². The third-order valence-electron chi connectivity index (χ3n) is 5.61. The molecule has 0 bridgehead atoms. The fourth-order valence-corrected chi connectivity index (χ4v) is 4.06. The van der Waals surface area contributed by atoms with Crippen molar-refractivity contribution in [3.63, 3.8) is 0 Å². The lowest BCUT2D eigenvalue weighted by Crippen LogP contribution is -2.15. The van der Waals surface area contributed by atoms with Crippen molar-refractivity contribution < 1.29 is 14.3 Å². The van der Waals surface area contributed by atoms with Gasteiger partial charge in [-0.1, -0.05) is 23.9 Å². The van der Waals surface area contributed by atoms with Crippen LogP contribution in [0.2, 0.25) is 0 Å². The van der Waals surface area contributed by atoms with Crippen molar-refractivity contribution in [3.05, 3.63) is 77.9 Å². The molecule has 1 aromatic heterocycles. The fourth-order valence-electron chi connectivity index (χ4n) is 3.47. The summed E-state index contributed by atoms with van der Waals surface area (Å²) < 4.78 is 10.6. The molecule has 7 nitrogen and oxygen atoms in total. The third kappa shape index (κ3) is 5.78. The second-order valence-electron chi connectivity index (χ2n) is 7.83. The third-order valence-corrected chi connectivity index (χ3v) is 6.44. The largest absolute Gasteiger partial charge is 0.497 e. The lowest BCUT2D eigenvalue weighted by molar-refractivity contribution is -0.113. The van der Waals surface area contributed by atoms with Gasteiger partial charge in [0.1, 0.15) is 22.9 Å². The highest BCUT2D eigenvalue weighted by Gasteiger charge is 2.16. The van der Waals surface area contributed by atoms with Gasteiger partial charge in [-0.05, 0) is 79.6 Å². The van der Waals surface area contributed by atoms with E-state index >= 15 is 0 Å². The molecule has 0 spiro atoms. The van der Waals surface area contributed by atoms with E-state index in [0.29, 0.717) is 16.5 Å². The Bertz CT molecular complexity index is 1330. The summed E-state index contributed by atoms with van der Waals surface area (Å²) in [6.07, 6.45) is 0. The van der Waals surface area contributed by atoms with Crippen LogP contribution in [0.5, 0.6) is 11.5 Å². The molecular weight excluding hydrogens is 460 g/mol. The zero-order valence-corrected chi connectivity index (χ0v) is 20.8. The number of amides is 1. The molecule has 8 heteroatoms. The lowest BCUT2D eigenvalue weighted by Gasteiger charge is -2.11. The van der Waals surface area contributed by atoms with Crippen molar-refractivity contribution in [2.75, 3.05) is 25.3 Å². The molecule has 0 radical (unpaired) electrons. The average molecular weight is 487 g/mol. The molecule has 0 saturated heterocycles. The first kappa shape index (κ1) is 24.2. The van der Waals surface area contributed by atoms with Gasteiger partial charge < -0.3 is 14.8 Å². The van der Waals surface area contributed by atoms with Crippen molar-refractivity contribution in [2.45, 2.75) is 19.0 Å². The van der Waals surface area contributed by atoms with Gasteiger partial charge in [-0.25, -0.2) is 4.98 Å². The number of hydrogen-bond donors (Lipinski definition) is 1. The maximum atomic E-state index is 12.6. The summed E-state index contributed by atoms with van der Waals surface area (Å²) in [6, 6.07) is 21.0. The van der Waals surface area contributed by atoms with Crippen LogP contribution in [0, 0.1) is 13.8 Å². The quantitative estimate of drug-likeness (QED) is 0.326. The number of nitrogens with one attached hydrogen (secondary N) is 1. The Morgan fingerprint density at radius 2 is 1.43 bits per heavy atom. The Kier molecular flexibility index (Phi) is 7.62. The molecule has 3 aromatic carbocycles. The maximum Gasteiger partial charge on any atom is 0.234 e. The van der Waals surface area contributed by atoms with E-state index in [1.54, 1.807) is 14.2 Å². The summed E-state index contributed by atoms with van der Waals surface area (Å²) in [5.74, 6) is 1.54. The number of methoxy groups -OCH3 is 2. The van der Waals surface area contributed by atoms with Gasteiger partial charge in [-0.3, -0.25) is 4.79 Å². The Morgan fingerprint density at radius 3 is 2.03 bits per heavy atom. The number of rotatable bonds is 8. The van der Waals surface area contributed by atoms with Crippen LogP contribution in [-0.4, -0.2) is 41.1 Å². The van der Waals surface area contributed by atoms with E-state index in [0.717, 1.165) is 39.4 Å². The van der Waals surface area contributed by atoms with E-state index in [1.165, 1.54) is 11.8 Å². The minimum absolute atomic E-state index is 0.127. The maximum absolute atomic E-state index is 12.6. The first-order valence-corrected chi connectivity index (χ1v) is 12.0. The van der Waals surface area contributed by atoms with Gasteiger partial charge in [-0.2, -0.15) is 0 Å². The summed E-state index contributed by atoms with van der Waals surface area (Å²) in [7, 11) is 3.25. The smallest absolute Gasteiger partial charge is 0.234 e. The predicted octanol–water partition coefficient (Wildman–Crippen LogP) is 5.57. The number of nitrogens with zero attached hydrogens (tertiary/aromatic N) is 3. The van der Waals surface area contributed by atoms with Gasteiger partial charge in [0.25, 0.3) is 0 Å². The zero-order valence-electron chi connectivity index (χ0n) is 20.0. The van der Waals surface area contributed by atoms with Gasteiger partial charge in [-0.15, -0.1) is 10.2 Å². The monoisotopic (exact) mass is 486 g/mol. The number of benzene rings is 3. The number of hydrogen-bond acceptors (Lipinski definition) is 7. The molecule has 4 aromatic rings. The normalized spacial score (nSPS) is 10.6. The molecule has 4 rings (SSSR count). The second kappa shape index (κ2) is 11.0. The fraction of sp³-hybridized carbons (Fsp3) is 0.185. The number of ether oxygens (including phenoxy) is 2. The van der Waals surface area contributed by atoms with E-state index in [9.17, 15) is 4.79 Å². The number of anilines is 1. The van der Waals surface area contributed by atoms with Crippen molar-refractivity contribution in [3.8, 4) is 34.0 Å². The van der Waals surface area contributed by atoms with E-state index in [-0.39, 0.29) is 11.7 Å². The van der Waals surface area contributed by atoms with E-state index in [2.05, 4.69) is 15.5 Å². The van der Waals surface area contributed by atoms with Crippen LogP contribution >= 0.6 is 11.8 Å². The molecule has 178 valence electrons. The van der Waals surface area contributed by atoms with Crippen LogP contribution < -0.4 is 14.8 Å². The minimum atomic E-state index is -0.127. The van der Waals surface area contributed by atoms with Gasteiger partial charge in [0.15, 0.2) is 0 Å². The van der Waals surface area contributed by atoms with Gasteiger partial charge >= 0.3 is 0 Å². The number of aromatic nitrogens is 3. The number of aryl methyl sites for hydroxylation is 1. The second-order valence-corrected chi connectivity index (χ2v) is 8.78. The highest BCUT2D eigenvalue weighted by Crippen LogP contribution is 2.32. The molecule has 0 atom stereocenters. The van der Waals surface area contributed by atoms with Gasteiger partial charge in [0.2, 0.25) is 11.1 Å². The molecular formula is C27H26N4O3S. The molecule has 0 aliphatic rings. The van der Waals surface area contributed by atoms with Gasteiger partial charge in [0, 0.05) is 16.8 Å². The highest BCUT2D eigenvalue weighted by molar-refractivity contribution is 7.99. The Morgan fingerprint density at radius 1 is 0.829 bits per heavy atom. The summed E-state index contributed by atoms with van der Waals surface area (Å²) in [6.45, 7) is 4.01. The molecule has 1 N–H and O–H groups in total. The Labute approximate surface area is 208 Å². The molecule has 0 aliphatic carbocycles. The molecule has 0 unspecified atom stereocenters. The van der Waals surface area contributed by atoms with Crippen LogP contribution in [0.15, 0.2) is 71.9 Å². The van der Waals surface area contributed by atoms with Crippen LogP contribution in [0.3, 0.4) is 0 Å². The summed E-state index contributed by atoms with van der Waals surface area (Å²) in [4.78, 5) is 17.4. The molecule has 0 aliphatic heterocycles. The van der Waals surface area contributed by atoms with Gasteiger partial charge in [0.05, 0.1) is 20.0 Å². The standard InChI is InChI=1S/C27H26N4O3S/c1-17-6-5-7-23(18(17)2)28-24(32)16-35-27-29-25(19-8-12-21(33-3)13-9-19)26(30-31-27)20-10-14-22(34-4)15-11-20/h5-15H,16H2,1-4H3,(H,28,32). The van der Waals surface area contributed by atoms with E-state index in [4.69, 9.17) is 14.5 Å². The van der Waals surface area contributed by atoms with E-state index < -0.39 is 0 Å². The summed E-state index contributed by atoms with van der Waals surface area (Å²) in [5, 5.41) is 12.2. The van der Waals surface area contributed by atoms with Crippen molar-refractivity contribution >= 4 is 23.4 Å². The minimum Gasteiger partial charge on any atom is -0.497 e. The topological polar surface area (TPSA) is 86.2 Å². The van der Waals surface area contributed by atoms with Crippen LogP contribution in [0.25, 0.3) is 22.5 Å². The van der Waals surface area contributed by atoms with E-state index in [1.807, 2.05) is 80.6 Å². The first-order valence-electron chi connectivity index (χ1n) is 11.0. The Hall–Kier alpha value is -3.91. The number of carbonyl (C=O) groups excluding carboxylic acids is 1. The predicted molar refractivity (Wildman–Crippen MR) is 139 cm³/mol. The number of thioether (sulfide) groups is 1. The lowest BCUT2D eigenvalue weighted by atomic mass is 10.0. The van der Waals surface area contributed by atoms with Crippen molar-refractivity contribution in [2.24, 2.45) is 0 Å². The summed E-state index contributed by atoms with van der Waals surface area (Å²) >= 11 is 1.24. The first-order chi connectivity index (χ1) is 17.0. The molecule has 1 heterocycles. The molecule has 35 heavy (non-hydrogen) atoms. The molecule has 1 amide bonds. The summed E-state index contributed by atoms with van der Waals surface area (Å²) in [5.41, 5.74) is 6.03. The van der Waals surface area contributed by atoms with Crippen molar-refractivity contribution in [1.29, 1.82) is 0 Å². The van der Waals surface area contributed by atoms with Crippen LogP contribution in [0.4, 0.5) is 5.69 Å². The average Bonchev–Trinajstić information content (AvgIpc) is 2.90. The van der Waals surface area contributed by atoms with Crippen molar-refractivity contribution in [1.82, 2.24) is 15.2 Å². The number of carbonyl (C=O) groups is 1. The molecule has 0 fully saturated rings.